The van der Waals surface area contributed by atoms with E-state index in [-0.39, 0.29) is 5.91 Å². The minimum atomic E-state index is 0.0517. The lowest BCUT2D eigenvalue weighted by Gasteiger charge is -2.03. The van der Waals surface area contributed by atoms with Crippen molar-refractivity contribution >= 4 is 33.1 Å². The summed E-state index contributed by atoms with van der Waals surface area (Å²) in [6.07, 6.45) is 1.39. The van der Waals surface area contributed by atoms with Gasteiger partial charge in [0.25, 0.3) is 0 Å². The zero-order chi connectivity index (χ0) is 15.5. The third kappa shape index (κ3) is 3.17. The second kappa shape index (κ2) is 6.28. The first-order chi connectivity index (χ1) is 10.7. The number of hydrogen-bond acceptors (Lipinski definition) is 3. The van der Waals surface area contributed by atoms with Crippen LogP contribution in [0.15, 0.2) is 42.5 Å². The Morgan fingerprint density at radius 1 is 1.18 bits per heavy atom. The number of thiazole rings is 1. The highest BCUT2D eigenvalue weighted by Crippen LogP contribution is 2.31. The average molecular weight is 310 g/mol. The molecule has 0 aliphatic carbocycles. The molecular weight excluding hydrogens is 292 g/mol. The van der Waals surface area contributed by atoms with Crippen LogP contribution in [-0.4, -0.2) is 10.9 Å². The molecule has 0 fully saturated rings. The monoisotopic (exact) mass is 310 g/mol. The van der Waals surface area contributed by atoms with Crippen molar-refractivity contribution in [2.75, 3.05) is 5.32 Å². The average Bonchev–Trinajstić information content (AvgIpc) is 2.91. The number of hydrogen-bond donors (Lipinski definition) is 1. The van der Waals surface area contributed by atoms with E-state index >= 15 is 0 Å². The third-order valence-electron chi connectivity index (χ3n) is 3.45. The van der Waals surface area contributed by atoms with Crippen molar-refractivity contribution in [3.8, 4) is 10.6 Å². The van der Waals surface area contributed by atoms with Crippen LogP contribution in [0.3, 0.4) is 0 Å². The van der Waals surface area contributed by atoms with Gasteiger partial charge in [-0.1, -0.05) is 36.8 Å². The van der Waals surface area contributed by atoms with E-state index in [1.54, 1.807) is 11.3 Å². The fourth-order valence-corrected chi connectivity index (χ4v) is 3.23. The molecular formula is C18H18N2OS. The summed E-state index contributed by atoms with van der Waals surface area (Å²) >= 11 is 1.67. The van der Waals surface area contributed by atoms with Gasteiger partial charge in [-0.25, -0.2) is 4.98 Å². The summed E-state index contributed by atoms with van der Waals surface area (Å²) in [5.41, 5.74) is 4.11. The minimum absolute atomic E-state index is 0.0517. The van der Waals surface area contributed by atoms with Gasteiger partial charge in [-0.05, 0) is 31.5 Å². The molecule has 0 bridgehead atoms. The zero-order valence-corrected chi connectivity index (χ0v) is 13.5. The molecule has 0 aliphatic heterocycles. The molecule has 22 heavy (non-hydrogen) atoms. The van der Waals surface area contributed by atoms with Gasteiger partial charge in [0.2, 0.25) is 5.91 Å². The number of fused-ring (bicyclic) bond motifs is 1. The lowest BCUT2D eigenvalue weighted by Crippen LogP contribution is -2.10. The van der Waals surface area contributed by atoms with E-state index in [2.05, 4.69) is 36.5 Å². The maximum atomic E-state index is 11.7. The molecule has 0 aliphatic rings. The van der Waals surface area contributed by atoms with Gasteiger partial charge in [-0.2, -0.15) is 0 Å². The van der Waals surface area contributed by atoms with E-state index < -0.39 is 0 Å². The molecule has 0 unspecified atom stereocenters. The minimum Gasteiger partial charge on any atom is -0.326 e. The highest BCUT2D eigenvalue weighted by Gasteiger charge is 2.08. The van der Waals surface area contributed by atoms with E-state index in [0.29, 0.717) is 6.42 Å². The van der Waals surface area contributed by atoms with Gasteiger partial charge >= 0.3 is 0 Å². The number of nitrogens with zero attached hydrogens (tertiary/aromatic N) is 1. The topological polar surface area (TPSA) is 42.0 Å². The van der Waals surface area contributed by atoms with Crippen LogP contribution >= 0.6 is 11.3 Å². The van der Waals surface area contributed by atoms with Gasteiger partial charge in [-0.15, -0.1) is 11.3 Å². The lowest BCUT2D eigenvalue weighted by molar-refractivity contribution is -0.116. The fourth-order valence-electron chi connectivity index (χ4n) is 2.28. The van der Waals surface area contributed by atoms with Crippen molar-refractivity contribution in [2.24, 2.45) is 0 Å². The first kappa shape index (κ1) is 14.7. The predicted molar refractivity (Wildman–Crippen MR) is 93.3 cm³/mol. The third-order valence-corrected chi connectivity index (χ3v) is 4.53. The molecule has 1 amide bonds. The number of aromatic nitrogens is 1. The Balaban J connectivity index is 1.90. The van der Waals surface area contributed by atoms with Crippen molar-refractivity contribution in [3.05, 3.63) is 48.0 Å². The summed E-state index contributed by atoms with van der Waals surface area (Å²) < 4.78 is 1.13. The number of nitrogens with one attached hydrogen (secondary N) is 1. The summed E-state index contributed by atoms with van der Waals surface area (Å²) in [5, 5.41) is 3.92. The van der Waals surface area contributed by atoms with Gasteiger partial charge in [0.1, 0.15) is 5.01 Å². The lowest BCUT2D eigenvalue weighted by atomic mass is 10.2. The second-order valence-electron chi connectivity index (χ2n) is 5.37. The SMILES string of the molecule is CCCC(=O)Nc1ccc2sc(-c3ccc(C)cc3)nc2c1. The molecule has 2 aromatic carbocycles. The van der Waals surface area contributed by atoms with Crippen LogP contribution in [-0.2, 0) is 4.79 Å². The van der Waals surface area contributed by atoms with Crippen molar-refractivity contribution in [1.82, 2.24) is 4.98 Å². The van der Waals surface area contributed by atoms with Crippen LogP contribution in [0.25, 0.3) is 20.8 Å². The molecule has 1 heterocycles. The number of carbonyl (C=O) groups is 1. The Morgan fingerprint density at radius 3 is 2.68 bits per heavy atom. The van der Waals surface area contributed by atoms with Gasteiger partial charge in [0.15, 0.2) is 0 Å². The highest BCUT2D eigenvalue weighted by atomic mass is 32.1. The molecule has 0 spiro atoms. The highest BCUT2D eigenvalue weighted by molar-refractivity contribution is 7.21. The van der Waals surface area contributed by atoms with Crippen LogP contribution in [0.2, 0.25) is 0 Å². The fraction of sp³-hybridized carbons (Fsp3) is 0.222. The molecule has 1 N–H and O–H groups in total. The number of amides is 1. The Kier molecular flexibility index (Phi) is 4.20. The maximum Gasteiger partial charge on any atom is 0.224 e. The van der Waals surface area contributed by atoms with Gasteiger partial charge in [-0.3, -0.25) is 4.79 Å². The van der Waals surface area contributed by atoms with Crippen molar-refractivity contribution in [1.29, 1.82) is 0 Å². The molecule has 0 saturated carbocycles. The van der Waals surface area contributed by atoms with Crippen LogP contribution < -0.4 is 5.32 Å². The number of aryl methyl sites for hydroxylation is 1. The molecule has 3 nitrogen and oxygen atoms in total. The number of carbonyl (C=O) groups excluding carboxylic acids is 1. The van der Waals surface area contributed by atoms with Crippen molar-refractivity contribution in [3.63, 3.8) is 0 Å². The molecule has 3 aromatic rings. The van der Waals surface area contributed by atoms with E-state index in [0.717, 1.165) is 32.9 Å². The standard InChI is InChI=1S/C18H18N2OS/c1-3-4-17(21)19-14-9-10-16-15(11-14)20-18(22-16)13-7-5-12(2)6-8-13/h5-11H,3-4H2,1-2H3,(H,19,21). The van der Waals surface area contributed by atoms with Crippen LogP contribution in [0.1, 0.15) is 25.3 Å². The van der Waals surface area contributed by atoms with E-state index in [4.69, 9.17) is 4.98 Å². The smallest absolute Gasteiger partial charge is 0.224 e. The second-order valence-corrected chi connectivity index (χ2v) is 6.40. The maximum absolute atomic E-state index is 11.7. The van der Waals surface area contributed by atoms with Crippen molar-refractivity contribution < 1.29 is 4.79 Å². The largest absolute Gasteiger partial charge is 0.326 e. The van der Waals surface area contributed by atoms with E-state index in [1.807, 2.05) is 25.1 Å². The summed E-state index contributed by atoms with van der Waals surface area (Å²) in [5.74, 6) is 0.0517. The Hall–Kier alpha value is -2.20. The van der Waals surface area contributed by atoms with Crippen LogP contribution in [0, 0.1) is 6.92 Å². The molecule has 3 rings (SSSR count). The zero-order valence-electron chi connectivity index (χ0n) is 12.7. The summed E-state index contributed by atoms with van der Waals surface area (Å²) in [7, 11) is 0. The quantitative estimate of drug-likeness (QED) is 0.736. The predicted octanol–water partition coefficient (Wildman–Crippen LogP) is 5.01. The Labute approximate surface area is 134 Å². The Morgan fingerprint density at radius 2 is 1.95 bits per heavy atom. The molecule has 0 saturated heterocycles. The van der Waals surface area contributed by atoms with E-state index in [1.165, 1.54) is 5.56 Å². The van der Waals surface area contributed by atoms with Gasteiger partial charge in [0, 0.05) is 17.7 Å². The first-order valence-electron chi connectivity index (χ1n) is 7.43. The first-order valence-corrected chi connectivity index (χ1v) is 8.25. The van der Waals surface area contributed by atoms with Crippen LogP contribution in [0.4, 0.5) is 5.69 Å². The molecule has 112 valence electrons. The normalized spacial score (nSPS) is 10.8. The van der Waals surface area contributed by atoms with Gasteiger partial charge < -0.3 is 5.32 Å². The number of rotatable bonds is 4. The van der Waals surface area contributed by atoms with Gasteiger partial charge in [0.05, 0.1) is 10.2 Å². The summed E-state index contributed by atoms with van der Waals surface area (Å²) in [6.45, 7) is 4.07. The summed E-state index contributed by atoms with van der Waals surface area (Å²) in [4.78, 5) is 16.4. The Bertz CT molecular complexity index is 806. The summed E-state index contributed by atoms with van der Waals surface area (Å²) in [6, 6.07) is 14.3. The van der Waals surface area contributed by atoms with Crippen molar-refractivity contribution in [2.45, 2.75) is 26.7 Å². The molecule has 4 heteroatoms. The molecule has 0 radical (unpaired) electrons. The molecule has 1 aromatic heterocycles. The van der Waals surface area contributed by atoms with E-state index in [9.17, 15) is 4.79 Å². The molecule has 0 atom stereocenters. The number of anilines is 1. The van der Waals surface area contributed by atoms with Crippen LogP contribution in [0.5, 0.6) is 0 Å². The number of benzene rings is 2.